The summed E-state index contributed by atoms with van der Waals surface area (Å²) < 4.78 is 0. The Balaban J connectivity index is 1.91. The first kappa shape index (κ1) is 37.6. The van der Waals surface area contributed by atoms with Gasteiger partial charge in [0.2, 0.25) is 0 Å². The third kappa shape index (κ3) is 6.63. The Morgan fingerprint density at radius 3 is 1.33 bits per heavy atom. The molecule has 274 valence electrons. The molecular weight excluding hydrogens is 633 g/mol. The van der Waals surface area contributed by atoms with Crippen molar-refractivity contribution in [1.82, 2.24) is 19.9 Å². The van der Waals surface area contributed by atoms with Crippen LogP contribution in [0.3, 0.4) is 0 Å². The van der Waals surface area contributed by atoms with Crippen molar-refractivity contribution in [2.45, 2.75) is 146 Å². The van der Waals surface area contributed by atoms with Crippen LogP contribution in [0.1, 0.15) is 164 Å². The van der Waals surface area contributed by atoms with Gasteiger partial charge < -0.3 is 9.97 Å². The average molecular weight is 695 g/mol. The molecule has 6 rings (SSSR count). The van der Waals surface area contributed by atoms with E-state index in [1.807, 2.05) is 0 Å². The Kier molecular flexibility index (Phi) is 12.0. The van der Waals surface area contributed by atoms with Crippen LogP contribution < -0.4 is 0 Å². The lowest BCUT2D eigenvalue weighted by molar-refractivity contribution is 0.664. The summed E-state index contributed by atoms with van der Waals surface area (Å²) in [5, 5.41) is 0. The fraction of sp³-hybridized carbons (Fsp3) is 0.458. The van der Waals surface area contributed by atoms with Crippen molar-refractivity contribution < 1.29 is 0 Å². The highest BCUT2D eigenvalue weighted by Crippen LogP contribution is 2.43. The van der Waals surface area contributed by atoms with Gasteiger partial charge in [0.1, 0.15) is 0 Å². The van der Waals surface area contributed by atoms with E-state index in [1.165, 1.54) is 114 Å². The zero-order valence-corrected chi connectivity index (χ0v) is 33.6. The lowest BCUT2D eigenvalue weighted by Gasteiger charge is -2.12. The number of allylic oxidation sites excluding steroid dienone is 4. The Labute approximate surface area is 313 Å². The minimum absolute atomic E-state index is 0.955. The van der Waals surface area contributed by atoms with Crippen molar-refractivity contribution in [2.24, 2.45) is 0 Å². The van der Waals surface area contributed by atoms with Crippen molar-refractivity contribution in [1.29, 1.82) is 0 Å². The van der Waals surface area contributed by atoms with Crippen LogP contribution in [0.4, 0.5) is 0 Å². The number of rotatable bonds is 14. The molecule has 0 saturated carbocycles. The fourth-order valence-corrected chi connectivity index (χ4v) is 9.22. The van der Waals surface area contributed by atoms with Crippen LogP contribution in [0, 0.1) is 0 Å². The second-order valence-corrected chi connectivity index (χ2v) is 14.5. The monoisotopic (exact) mass is 694 g/mol. The molecule has 52 heavy (non-hydrogen) atoms. The van der Waals surface area contributed by atoms with Crippen LogP contribution in [-0.4, -0.2) is 19.9 Å². The second kappa shape index (κ2) is 16.7. The third-order valence-electron chi connectivity index (χ3n) is 11.7. The maximum Gasteiger partial charge on any atom is 0.0726 e. The van der Waals surface area contributed by atoms with E-state index in [1.54, 1.807) is 0 Å². The predicted octanol–water partition coefficient (Wildman–Crippen LogP) is 13.8. The molecule has 4 heteroatoms. The van der Waals surface area contributed by atoms with E-state index in [9.17, 15) is 0 Å². The van der Waals surface area contributed by atoms with Crippen molar-refractivity contribution in [2.75, 3.05) is 0 Å². The van der Waals surface area contributed by atoms with Crippen molar-refractivity contribution >= 4 is 44.4 Å². The van der Waals surface area contributed by atoms with Gasteiger partial charge in [-0.15, -0.1) is 0 Å². The molecule has 0 radical (unpaired) electrons. The van der Waals surface area contributed by atoms with E-state index < -0.39 is 0 Å². The maximum absolute atomic E-state index is 5.66. The highest BCUT2D eigenvalue weighted by Gasteiger charge is 2.27. The summed E-state index contributed by atoms with van der Waals surface area (Å²) in [6.07, 6.45) is 13.6. The van der Waals surface area contributed by atoms with Gasteiger partial charge in [0.05, 0.1) is 33.8 Å². The Morgan fingerprint density at radius 2 is 0.923 bits per heavy atom. The van der Waals surface area contributed by atoms with Gasteiger partial charge >= 0.3 is 0 Å². The molecule has 2 aliphatic rings. The number of unbranched alkanes of at least 4 members (excludes halogenated alkanes) is 3. The van der Waals surface area contributed by atoms with Crippen molar-refractivity contribution in [3.05, 3.63) is 93.1 Å². The number of aromatic nitrogens is 4. The summed E-state index contributed by atoms with van der Waals surface area (Å²) in [7, 11) is 0. The minimum Gasteiger partial charge on any atom is -0.354 e. The summed E-state index contributed by atoms with van der Waals surface area (Å²) in [6, 6.07) is 15.8. The number of nitrogens with one attached hydrogen (secondary N) is 2. The van der Waals surface area contributed by atoms with Gasteiger partial charge in [0, 0.05) is 22.2 Å². The normalized spacial score (nSPS) is 13.2. The van der Waals surface area contributed by atoms with Crippen LogP contribution in [0.25, 0.3) is 55.5 Å². The number of fused-ring (bicyclic) bond motifs is 8. The molecule has 0 unspecified atom stereocenters. The molecule has 0 amide bonds. The van der Waals surface area contributed by atoms with Gasteiger partial charge in [-0.25, -0.2) is 9.97 Å². The third-order valence-corrected chi connectivity index (χ3v) is 11.7. The minimum atomic E-state index is 0.955. The number of aryl methyl sites for hydroxylation is 4. The molecular formula is C48H62N4. The molecule has 0 aliphatic carbocycles. The maximum atomic E-state index is 5.66. The smallest absolute Gasteiger partial charge is 0.0726 e. The van der Waals surface area contributed by atoms with Gasteiger partial charge in [0.25, 0.3) is 0 Å². The standard InChI is InChI=1S/C48H62N4/c1-10-19-20-24-27-39-45-35(15-6)31(11-2)40(49-45)28-42-33(13-4)37(17-8)47(51-42)44(30-25-22-21-23-26-30)48-38(18-9)34(14-5)43(52-48)29-41-32(12-3)36(16-7)46(39)50-41/h21-23,25-26,28-29,51-52H,10-20,24,27H2,1-9H3. The van der Waals surface area contributed by atoms with E-state index in [0.29, 0.717) is 0 Å². The van der Waals surface area contributed by atoms with Crippen LogP contribution in [0.15, 0.2) is 42.5 Å². The first-order chi connectivity index (χ1) is 25.4. The molecule has 3 aromatic heterocycles. The number of benzene rings is 1. The Morgan fingerprint density at radius 1 is 0.462 bits per heavy atom. The van der Waals surface area contributed by atoms with Crippen molar-refractivity contribution in [3.63, 3.8) is 0 Å². The summed E-state index contributed by atoms with van der Waals surface area (Å²) >= 11 is 0. The molecule has 0 saturated heterocycles. The van der Waals surface area contributed by atoms with E-state index in [0.717, 1.165) is 75.6 Å². The average Bonchev–Trinajstić information content (AvgIpc) is 3.91. The predicted molar refractivity (Wildman–Crippen MR) is 227 cm³/mol. The van der Waals surface area contributed by atoms with Gasteiger partial charge in [-0.05, 0) is 126 Å². The SMILES string of the molecule is CCCCCCc1c2nc(cc3[nH]c(c(CC)c3CC)c(-c3ccccc3)c3[nH]c(cc4nc1C(CC)=C4CC)c(CC)c3CC)C(CC)=C2CC. The lowest BCUT2D eigenvalue weighted by Crippen LogP contribution is -2.00. The number of hydrogen-bond acceptors (Lipinski definition) is 2. The largest absolute Gasteiger partial charge is 0.354 e. The van der Waals surface area contributed by atoms with Crippen LogP contribution in [0.2, 0.25) is 0 Å². The Hall–Kier alpha value is -4.18. The molecule has 0 atom stereocenters. The molecule has 5 heterocycles. The van der Waals surface area contributed by atoms with E-state index in [-0.39, 0.29) is 0 Å². The quantitative estimate of drug-likeness (QED) is 0.129. The number of H-pyrrole nitrogens is 2. The van der Waals surface area contributed by atoms with E-state index in [2.05, 4.69) is 115 Å². The van der Waals surface area contributed by atoms with Gasteiger partial charge in [-0.2, -0.15) is 0 Å². The molecule has 8 bridgehead atoms. The fourth-order valence-electron chi connectivity index (χ4n) is 9.22. The molecule has 1 aromatic carbocycles. The molecule has 2 N–H and O–H groups in total. The van der Waals surface area contributed by atoms with Gasteiger partial charge in [-0.1, -0.05) is 112 Å². The van der Waals surface area contributed by atoms with Crippen LogP contribution >= 0.6 is 0 Å². The zero-order valence-electron chi connectivity index (χ0n) is 33.6. The number of hydrogen-bond donors (Lipinski definition) is 2. The second-order valence-electron chi connectivity index (χ2n) is 14.5. The topological polar surface area (TPSA) is 57.4 Å². The molecule has 4 nitrogen and oxygen atoms in total. The summed E-state index contributed by atoms with van der Waals surface area (Å²) in [5.74, 6) is 0. The number of nitrogens with zero attached hydrogens (tertiary/aromatic N) is 2. The molecule has 0 spiro atoms. The summed E-state index contributed by atoms with van der Waals surface area (Å²) in [6.45, 7) is 20.8. The zero-order chi connectivity index (χ0) is 36.9. The molecule has 0 fully saturated rings. The van der Waals surface area contributed by atoms with Crippen LogP contribution in [-0.2, 0) is 32.1 Å². The first-order valence-corrected chi connectivity index (χ1v) is 20.8. The number of aromatic amines is 2. The Bertz CT molecular complexity index is 2020. The molecule has 4 aromatic rings. The van der Waals surface area contributed by atoms with Gasteiger partial charge in [0.15, 0.2) is 0 Å². The lowest BCUT2D eigenvalue weighted by atomic mass is 9.91. The summed E-state index contributed by atoms with van der Waals surface area (Å²) in [4.78, 5) is 19.5. The van der Waals surface area contributed by atoms with E-state index in [4.69, 9.17) is 9.97 Å². The van der Waals surface area contributed by atoms with Crippen LogP contribution in [0.5, 0.6) is 0 Å². The molecule has 2 aliphatic heterocycles. The highest BCUT2D eigenvalue weighted by molar-refractivity contribution is 6.01. The van der Waals surface area contributed by atoms with Crippen molar-refractivity contribution in [3.8, 4) is 11.1 Å². The first-order valence-electron chi connectivity index (χ1n) is 20.8. The highest BCUT2D eigenvalue weighted by atomic mass is 14.8. The van der Waals surface area contributed by atoms with Gasteiger partial charge in [-0.3, -0.25) is 0 Å². The summed E-state index contributed by atoms with van der Waals surface area (Å²) in [5.41, 5.74) is 24.5. The van der Waals surface area contributed by atoms with E-state index >= 15 is 0 Å².